The molecule has 0 heterocycles. The SMILES string of the molecule is CCCCCCCCCCCCCCCCCC(=O)O.CCCN(CCC)CCN. The van der Waals surface area contributed by atoms with Crippen molar-refractivity contribution in [2.75, 3.05) is 26.2 Å². The average molecular weight is 429 g/mol. The topological polar surface area (TPSA) is 66.6 Å². The van der Waals surface area contributed by atoms with Gasteiger partial charge in [-0.05, 0) is 32.4 Å². The molecule has 0 aromatic rings. The second-order valence-electron chi connectivity index (χ2n) is 8.72. The molecule has 3 N–H and O–H groups in total. The van der Waals surface area contributed by atoms with Crippen LogP contribution in [0, 0.1) is 0 Å². The zero-order valence-electron chi connectivity index (χ0n) is 20.9. The van der Waals surface area contributed by atoms with Gasteiger partial charge in [-0.25, -0.2) is 0 Å². The predicted octanol–water partition coefficient (Wildman–Crippen LogP) is 7.40. The Kier molecular flexibility index (Phi) is 29.9. The van der Waals surface area contributed by atoms with Gasteiger partial charge in [0.2, 0.25) is 0 Å². The molecule has 0 aliphatic heterocycles. The molecule has 4 nitrogen and oxygen atoms in total. The lowest BCUT2D eigenvalue weighted by atomic mass is 10.0. The first-order valence-corrected chi connectivity index (χ1v) is 13.3. The van der Waals surface area contributed by atoms with Gasteiger partial charge < -0.3 is 15.7 Å². The molecule has 4 heteroatoms. The van der Waals surface area contributed by atoms with Crippen molar-refractivity contribution in [1.29, 1.82) is 0 Å². The summed E-state index contributed by atoms with van der Waals surface area (Å²) in [5.74, 6) is -0.653. The van der Waals surface area contributed by atoms with E-state index in [2.05, 4.69) is 25.7 Å². The van der Waals surface area contributed by atoms with Gasteiger partial charge in [-0.2, -0.15) is 0 Å². The number of rotatable bonds is 22. The van der Waals surface area contributed by atoms with Gasteiger partial charge in [-0.1, -0.05) is 111 Å². The molecule has 0 fully saturated rings. The molecule has 0 amide bonds. The zero-order valence-corrected chi connectivity index (χ0v) is 20.9. The molecular formula is C26H56N2O2. The maximum Gasteiger partial charge on any atom is 0.303 e. The van der Waals surface area contributed by atoms with Crippen LogP contribution in [0.25, 0.3) is 0 Å². The molecule has 0 aromatic heterocycles. The molecule has 0 saturated heterocycles. The lowest BCUT2D eigenvalue weighted by Crippen LogP contribution is -2.30. The monoisotopic (exact) mass is 428 g/mol. The van der Waals surface area contributed by atoms with E-state index in [0.29, 0.717) is 6.42 Å². The summed E-state index contributed by atoms with van der Waals surface area (Å²) in [5, 5.41) is 8.52. The number of unbranched alkanes of at least 4 members (excludes halogenated alkanes) is 14. The fourth-order valence-corrected chi connectivity index (χ4v) is 3.80. The molecule has 0 aliphatic rings. The Balaban J connectivity index is 0. The number of hydrogen-bond donors (Lipinski definition) is 2. The molecule has 0 aliphatic carbocycles. The summed E-state index contributed by atoms with van der Waals surface area (Å²) in [6.45, 7) is 10.9. The number of carboxylic acids is 1. The highest BCUT2D eigenvalue weighted by Gasteiger charge is 1.99. The molecule has 182 valence electrons. The van der Waals surface area contributed by atoms with Crippen LogP contribution in [-0.4, -0.2) is 42.2 Å². The van der Waals surface area contributed by atoms with Crippen LogP contribution >= 0.6 is 0 Å². The Morgan fingerprint density at radius 1 is 0.600 bits per heavy atom. The Labute approximate surface area is 189 Å². The lowest BCUT2D eigenvalue weighted by molar-refractivity contribution is -0.137. The number of carbonyl (C=O) groups is 1. The number of hydrogen-bond acceptors (Lipinski definition) is 3. The van der Waals surface area contributed by atoms with Gasteiger partial charge in [0.1, 0.15) is 0 Å². The summed E-state index contributed by atoms with van der Waals surface area (Å²) in [6, 6.07) is 0. The van der Waals surface area contributed by atoms with E-state index in [1.807, 2.05) is 0 Å². The summed E-state index contributed by atoms with van der Waals surface area (Å²) >= 11 is 0. The van der Waals surface area contributed by atoms with Crippen LogP contribution in [0.3, 0.4) is 0 Å². The van der Waals surface area contributed by atoms with Crippen LogP contribution in [0.2, 0.25) is 0 Å². The van der Waals surface area contributed by atoms with Crippen LogP contribution in [0.15, 0.2) is 0 Å². The van der Waals surface area contributed by atoms with E-state index < -0.39 is 5.97 Å². The van der Waals surface area contributed by atoms with Crippen molar-refractivity contribution in [2.45, 2.75) is 136 Å². The second-order valence-corrected chi connectivity index (χ2v) is 8.72. The predicted molar refractivity (Wildman–Crippen MR) is 133 cm³/mol. The summed E-state index contributed by atoms with van der Waals surface area (Å²) in [7, 11) is 0. The zero-order chi connectivity index (χ0) is 22.7. The number of nitrogens with two attached hydrogens (primary N) is 1. The van der Waals surface area contributed by atoms with E-state index in [-0.39, 0.29) is 0 Å². The van der Waals surface area contributed by atoms with E-state index in [0.717, 1.165) is 25.9 Å². The van der Waals surface area contributed by atoms with E-state index in [1.54, 1.807) is 0 Å². The fraction of sp³-hybridized carbons (Fsp3) is 0.962. The van der Waals surface area contributed by atoms with Crippen molar-refractivity contribution in [1.82, 2.24) is 4.90 Å². The first kappa shape index (κ1) is 31.6. The van der Waals surface area contributed by atoms with Crippen molar-refractivity contribution < 1.29 is 9.90 Å². The summed E-state index contributed by atoms with van der Waals surface area (Å²) in [4.78, 5) is 12.7. The number of nitrogens with zero attached hydrogens (tertiary/aromatic N) is 1. The summed E-state index contributed by atoms with van der Waals surface area (Å²) in [6.07, 6.45) is 22.7. The van der Waals surface area contributed by atoms with Gasteiger partial charge in [0.25, 0.3) is 0 Å². The molecule has 0 aromatic carbocycles. The highest BCUT2D eigenvalue weighted by Crippen LogP contribution is 2.13. The van der Waals surface area contributed by atoms with Crippen LogP contribution in [0.1, 0.15) is 136 Å². The molecule has 0 atom stereocenters. The van der Waals surface area contributed by atoms with Gasteiger partial charge >= 0.3 is 5.97 Å². The standard InChI is InChI=1S/C18H36O2.C8H20N2/c1-2-3-4-5-6-7-8-9-10-11-12-13-14-15-16-17-18(19)20;1-3-6-10(7-4-2)8-5-9/h2-17H2,1H3,(H,19,20);3-9H2,1-2H3. The van der Waals surface area contributed by atoms with Crippen molar-refractivity contribution >= 4 is 5.97 Å². The molecule has 0 saturated carbocycles. The van der Waals surface area contributed by atoms with E-state index in [1.165, 1.54) is 109 Å². The van der Waals surface area contributed by atoms with Crippen molar-refractivity contribution in [3.63, 3.8) is 0 Å². The maximum atomic E-state index is 10.3. The Hall–Kier alpha value is -0.610. The van der Waals surface area contributed by atoms with E-state index >= 15 is 0 Å². The summed E-state index contributed by atoms with van der Waals surface area (Å²) < 4.78 is 0. The van der Waals surface area contributed by atoms with Crippen LogP contribution < -0.4 is 5.73 Å². The van der Waals surface area contributed by atoms with Crippen LogP contribution in [-0.2, 0) is 4.79 Å². The third kappa shape index (κ3) is 29.6. The normalized spacial score (nSPS) is 10.8. The van der Waals surface area contributed by atoms with Crippen LogP contribution in [0.5, 0.6) is 0 Å². The highest BCUT2D eigenvalue weighted by molar-refractivity contribution is 5.66. The fourth-order valence-electron chi connectivity index (χ4n) is 3.80. The molecule has 0 radical (unpaired) electrons. The maximum absolute atomic E-state index is 10.3. The molecule has 0 spiro atoms. The second kappa shape index (κ2) is 28.4. The van der Waals surface area contributed by atoms with Gasteiger partial charge in [-0.3, -0.25) is 4.79 Å². The highest BCUT2D eigenvalue weighted by atomic mass is 16.4. The Bertz CT molecular complexity index is 310. The largest absolute Gasteiger partial charge is 0.481 e. The first-order valence-electron chi connectivity index (χ1n) is 13.3. The molecule has 0 unspecified atom stereocenters. The summed E-state index contributed by atoms with van der Waals surface area (Å²) in [5.41, 5.74) is 5.45. The Morgan fingerprint density at radius 2 is 0.967 bits per heavy atom. The quantitative estimate of drug-likeness (QED) is 0.176. The van der Waals surface area contributed by atoms with E-state index in [4.69, 9.17) is 10.8 Å². The molecule has 30 heavy (non-hydrogen) atoms. The minimum Gasteiger partial charge on any atom is -0.481 e. The van der Waals surface area contributed by atoms with Gasteiger partial charge in [0.05, 0.1) is 0 Å². The number of carboxylic acid groups (broad SMARTS) is 1. The molecule has 0 rings (SSSR count). The minimum absolute atomic E-state index is 0.345. The minimum atomic E-state index is -0.653. The van der Waals surface area contributed by atoms with Crippen molar-refractivity contribution in [3.8, 4) is 0 Å². The first-order chi connectivity index (χ1) is 14.6. The molecule has 0 bridgehead atoms. The van der Waals surface area contributed by atoms with E-state index in [9.17, 15) is 4.79 Å². The van der Waals surface area contributed by atoms with Gasteiger partial charge in [0, 0.05) is 19.5 Å². The Morgan fingerprint density at radius 3 is 1.27 bits per heavy atom. The lowest BCUT2D eigenvalue weighted by Gasteiger charge is -2.19. The third-order valence-corrected chi connectivity index (χ3v) is 5.52. The number of aliphatic carboxylic acids is 1. The smallest absolute Gasteiger partial charge is 0.303 e. The van der Waals surface area contributed by atoms with Crippen molar-refractivity contribution in [3.05, 3.63) is 0 Å². The average Bonchev–Trinajstić information content (AvgIpc) is 2.72. The van der Waals surface area contributed by atoms with Gasteiger partial charge in [-0.15, -0.1) is 0 Å². The molecular weight excluding hydrogens is 372 g/mol. The van der Waals surface area contributed by atoms with Crippen LogP contribution in [0.4, 0.5) is 0 Å². The third-order valence-electron chi connectivity index (χ3n) is 5.52. The van der Waals surface area contributed by atoms with Gasteiger partial charge in [0.15, 0.2) is 0 Å². The van der Waals surface area contributed by atoms with Crippen molar-refractivity contribution in [2.24, 2.45) is 5.73 Å².